The highest BCUT2D eigenvalue weighted by Gasteiger charge is 2.07. The molecule has 3 heteroatoms. The van der Waals surface area contributed by atoms with Gasteiger partial charge in [0.2, 0.25) is 0 Å². The molecule has 0 aromatic heterocycles. The van der Waals surface area contributed by atoms with E-state index in [0.717, 1.165) is 31.6 Å². The van der Waals surface area contributed by atoms with Crippen LogP contribution in [0.1, 0.15) is 24.8 Å². The third-order valence-corrected chi connectivity index (χ3v) is 4.07. The first-order valence-electron chi connectivity index (χ1n) is 8.28. The van der Waals surface area contributed by atoms with E-state index in [-0.39, 0.29) is 5.82 Å². The van der Waals surface area contributed by atoms with Crippen LogP contribution < -0.4 is 5.32 Å². The van der Waals surface area contributed by atoms with Crippen molar-refractivity contribution in [3.05, 3.63) is 59.9 Å². The van der Waals surface area contributed by atoms with Crippen molar-refractivity contribution in [2.45, 2.75) is 19.3 Å². The smallest absolute Gasteiger partial charge is 0.131 e. The van der Waals surface area contributed by atoms with E-state index < -0.39 is 0 Å². The van der Waals surface area contributed by atoms with Gasteiger partial charge in [-0.15, -0.1) is 0 Å². The van der Waals surface area contributed by atoms with Crippen LogP contribution >= 0.6 is 0 Å². The van der Waals surface area contributed by atoms with E-state index in [0.29, 0.717) is 11.5 Å². The van der Waals surface area contributed by atoms with Crippen LogP contribution in [0, 0.1) is 5.82 Å². The molecule has 0 aliphatic rings. The van der Waals surface area contributed by atoms with Gasteiger partial charge in [-0.05, 0) is 56.7 Å². The molecule has 1 unspecified atom stereocenters. The summed E-state index contributed by atoms with van der Waals surface area (Å²) in [6.07, 6.45) is 1.16. The summed E-state index contributed by atoms with van der Waals surface area (Å²) >= 11 is 0. The van der Waals surface area contributed by atoms with Gasteiger partial charge in [0, 0.05) is 12.1 Å². The van der Waals surface area contributed by atoms with Gasteiger partial charge in [0.05, 0.1) is 0 Å². The number of halogens is 1. The maximum absolute atomic E-state index is 13.8. The first-order valence-corrected chi connectivity index (χ1v) is 8.28. The van der Waals surface area contributed by atoms with Gasteiger partial charge in [-0.2, -0.15) is 0 Å². The molecular weight excluding hydrogens is 287 g/mol. The largest absolute Gasteiger partial charge is 0.316 e. The molecule has 2 aromatic carbocycles. The zero-order valence-electron chi connectivity index (χ0n) is 14.3. The first kappa shape index (κ1) is 17.6. The van der Waals surface area contributed by atoms with Crippen LogP contribution in [0.15, 0.2) is 48.5 Å². The molecule has 0 radical (unpaired) electrons. The van der Waals surface area contributed by atoms with Crippen molar-refractivity contribution in [2.75, 3.05) is 33.7 Å². The van der Waals surface area contributed by atoms with Gasteiger partial charge >= 0.3 is 0 Å². The van der Waals surface area contributed by atoms with E-state index >= 15 is 0 Å². The molecule has 124 valence electrons. The Kier molecular flexibility index (Phi) is 6.75. The second-order valence-electron chi connectivity index (χ2n) is 6.36. The molecule has 0 saturated carbocycles. The zero-order valence-corrected chi connectivity index (χ0v) is 14.3. The molecule has 0 spiro atoms. The molecule has 1 atom stereocenters. The average molecular weight is 314 g/mol. The fourth-order valence-corrected chi connectivity index (χ4v) is 2.64. The van der Waals surface area contributed by atoms with E-state index in [9.17, 15) is 4.39 Å². The third kappa shape index (κ3) is 5.45. The Labute approximate surface area is 139 Å². The molecule has 2 rings (SSSR count). The van der Waals surface area contributed by atoms with Crippen molar-refractivity contribution in [1.82, 2.24) is 10.2 Å². The normalized spacial score (nSPS) is 12.6. The maximum atomic E-state index is 13.8. The van der Waals surface area contributed by atoms with Gasteiger partial charge in [-0.1, -0.05) is 49.4 Å². The molecule has 2 aromatic rings. The Balaban J connectivity index is 1.88. The van der Waals surface area contributed by atoms with Crippen LogP contribution in [-0.2, 0) is 0 Å². The van der Waals surface area contributed by atoms with Crippen LogP contribution in [-0.4, -0.2) is 38.6 Å². The van der Waals surface area contributed by atoms with Gasteiger partial charge < -0.3 is 10.2 Å². The minimum absolute atomic E-state index is 0.171. The van der Waals surface area contributed by atoms with Gasteiger partial charge in [-0.25, -0.2) is 4.39 Å². The number of hydrogen-bond donors (Lipinski definition) is 1. The molecular formula is C20H27FN2. The Morgan fingerprint density at radius 3 is 2.39 bits per heavy atom. The maximum Gasteiger partial charge on any atom is 0.131 e. The average Bonchev–Trinajstić information content (AvgIpc) is 2.55. The third-order valence-electron chi connectivity index (χ3n) is 4.07. The summed E-state index contributed by atoms with van der Waals surface area (Å²) in [7, 11) is 4.19. The highest BCUT2D eigenvalue weighted by atomic mass is 19.1. The fourth-order valence-electron chi connectivity index (χ4n) is 2.64. The van der Waals surface area contributed by atoms with Gasteiger partial charge in [-0.3, -0.25) is 0 Å². The summed E-state index contributed by atoms with van der Waals surface area (Å²) in [5.74, 6) is 0.278. The van der Waals surface area contributed by atoms with Crippen LogP contribution in [0.2, 0.25) is 0 Å². The Morgan fingerprint density at radius 2 is 1.74 bits per heavy atom. The number of benzene rings is 2. The highest BCUT2D eigenvalue weighted by molar-refractivity contribution is 5.64. The van der Waals surface area contributed by atoms with E-state index in [1.165, 1.54) is 11.6 Å². The zero-order chi connectivity index (χ0) is 16.7. The highest BCUT2D eigenvalue weighted by Crippen LogP contribution is 2.24. The molecule has 0 fully saturated rings. The van der Waals surface area contributed by atoms with Crippen molar-refractivity contribution in [1.29, 1.82) is 0 Å². The van der Waals surface area contributed by atoms with Crippen LogP contribution in [0.25, 0.3) is 11.1 Å². The SMILES string of the molecule is CC(CNCCCN(C)C)c1ccc(-c2ccccc2F)cc1. The second-order valence-corrected chi connectivity index (χ2v) is 6.36. The molecule has 0 saturated heterocycles. The summed E-state index contributed by atoms with van der Waals surface area (Å²) in [5, 5.41) is 3.51. The van der Waals surface area contributed by atoms with Crippen molar-refractivity contribution in [2.24, 2.45) is 0 Å². The fraction of sp³-hybridized carbons (Fsp3) is 0.400. The monoisotopic (exact) mass is 314 g/mol. The quantitative estimate of drug-likeness (QED) is 0.737. The van der Waals surface area contributed by atoms with Gasteiger partial charge in [0.25, 0.3) is 0 Å². The molecule has 0 bridgehead atoms. The second kappa shape index (κ2) is 8.80. The predicted molar refractivity (Wildman–Crippen MR) is 96.3 cm³/mol. The first-order chi connectivity index (χ1) is 11.1. The lowest BCUT2D eigenvalue weighted by molar-refractivity contribution is 0.393. The number of rotatable bonds is 8. The summed E-state index contributed by atoms with van der Waals surface area (Å²) in [6.45, 7) is 5.33. The molecule has 1 N–H and O–H groups in total. The number of nitrogens with zero attached hydrogens (tertiary/aromatic N) is 1. The molecule has 0 aliphatic carbocycles. The van der Waals surface area contributed by atoms with Crippen LogP contribution in [0.5, 0.6) is 0 Å². The Bertz CT molecular complexity index is 593. The number of nitrogens with one attached hydrogen (secondary N) is 1. The predicted octanol–water partition coefficient (Wildman–Crippen LogP) is 4.14. The van der Waals surface area contributed by atoms with E-state index in [1.807, 2.05) is 24.3 Å². The van der Waals surface area contributed by atoms with Crippen molar-refractivity contribution < 1.29 is 4.39 Å². The number of hydrogen-bond acceptors (Lipinski definition) is 2. The van der Waals surface area contributed by atoms with E-state index in [4.69, 9.17) is 0 Å². The Morgan fingerprint density at radius 1 is 1.04 bits per heavy atom. The molecule has 0 amide bonds. The summed E-state index contributed by atoms with van der Waals surface area (Å²) < 4.78 is 13.8. The Hall–Kier alpha value is -1.71. The van der Waals surface area contributed by atoms with Crippen LogP contribution in [0.3, 0.4) is 0 Å². The lowest BCUT2D eigenvalue weighted by Crippen LogP contribution is -2.24. The minimum Gasteiger partial charge on any atom is -0.316 e. The standard InChI is InChI=1S/C20H27FN2/c1-16(15-22-13-6-14-23(2)3)17-9-11-18(12-10-17)19-7-4-5-8-20(19)21/h4-5,7-12,16,22H,6,13-15H2,1-3H3. The van der Waals surface area contributed by atoms with E-state index in [1.54, 1.807) is 6.07 Å². The topological polar surface area (TPSA) is 15.3 Å². The summed E-state index contributed by atoms with van der Waals surface area (Å²) in [5.41, 5.74) is 2.87. The van der Waals surface area contributed by atoms with Gasteiger partial charge in [0.1, 0.15) is 5.82 Å². The molecule has 2 nitrogen and oxygen atoms in total. The van der Waals surface area contributed by atoms with Crippen LogP contribution in [0.4, 0.5) is 4.39 Å². The lowest BCUT2D eigenvalue weighted by Gasteiger charge is -2.15. The van der Waals surface area contributed by atoms with Crippen molar-refractivity contribution >= 4 is 0 Å². The molecule has 23 heavy (non-hydrogen) atoms. The van der Waals surface area contributed by atoms with Gasteiger partial charge in [0.15, 0.2) is 0 Å². The summed E-state index contributed by atoms with van der Waals surface area (Å²) in [6, 6.07) is 15.1. The minimum atomic E-state index is -0.171. The van der Waals surface area contributed by atoms with Crippen molar-refractivity contribution in [3.8, 4) is 11.1 Å². The van der Waals surface area contributed by atoms with Crippen molar-refractivity contribution in [3.63, 3.8) is 0 Å². The molecule has 0 heterocycles. The lowest BCUT2D eigenvalue weighted by atomic mass is 9.97. The summed E-state index contributed by atoms with van der Waals surface area (Å²) in [4.78, 5) is 2.20. The van der Waals surface area contributed by atoms with E-state index in [2.05, 4.69) is 43.4 Å². The molecule has 0 aliphatic heterocycles.